The second-order valence-electron chi connectivity index (χ2n) is 9.59. The van der Waals surface area contributed by atoms with Crippen molar-refractivity contribution in [3.63, 3.8) is 0 Å². The first-order valence-corrected chi connectivity index (χ1v) is 11.1. The van der Waals surface area contributed by atoms with Gasteiger partial charge in [0.15, 0.2) is 0 Å². The van der Waals surface area contributed by atoms with Crippen molar-refractivity contribution in [2.45, 2.75) is 65.7 Å². The standard InChI is InChI=1S/C26H32ClNO5/c1-18(28(23(29)31-25(2,3)4)33-24(30)32-26(5,6)7)11-12-19-9-8-10-21(17-19)20-13-15-22(27)16-14-20/h8-18H,1-7H3/t18-/m0/s1. The minimum absolute atomic E-state index is 0.619. The van der Waals surface area contributed by atoms with Gasteiger partial charge in [0.25, 0.3) is 0 Å². The second-order valence-corrected chi connectivity index (χ2v) is 10.0. The molecular weight excluding hydrogens is 442 g/mol. The van der Waals surface area contributed by atoms with E-state index >= 15 is 0 Å². The number of ether oxygens (including phenoxy) is 2. The molecule has 33 heavy (non-hydrogen) atoms. The summed E-state index contributed by atoms with van der Waals surface area (Å²) in [5, 5.41) is 1.55. The lowest BCUT2D eigenvalue weighted by molar-refractivity contribution is -0.145. The summed E-state index contributed by atoms with van der Waals surface area (Å²) in [6, 6.07) is 14.9. The van der Waals surface area contributed by atoms with E-state index < -0.39 is 29.5 Å². The van der Waals surface area contributed by atoms with Gasteiger partial charge >= 0.3 is 12.2 Å². The van der Waals surface area contributed by atoms with Gasteiger partial charge in [0.05, 0.1) is 6.04 Å². The Morgan fingerprint density at radius 2 is 1.52 bits per heavy atom. The Labute approximate surface area is 201 Å². The van der Waals surface area contributed by atoms with Crippen molar-refractivity contribution in [1.82, 2.24) is 5.06 Å². The van der Waals surface area contributed by atoms with Crippen molar-refractivity contribution in [3.05, 3.63) is 65.2 Å². The molecule has 6 nitrogen and oxygen atoms in total. The molecule has 1 atom stereocenters. The number of benzene rings is 2. The van der Waals surface area contributed by atoms with Crippen LogP contribution in [0.4, 0.5) is 9.59 Å². The van der Waals surface area contributed by atoms with Crippen molar-refractivity contribution >= 4 is 29.9 Å². The summed E-state index contributed by atoms with van der Waals surface area (Å²) >= 11 is 5.98. The van der Waals surface area contributed by atoms with Crippen molar-refractivity contribution < 1.29 is 23.9 Å². The number of hydrogen-bond acceptors (Lipinski definition) is 5. The minimum atomic E-state index is -0.988. The average molecular weight is 474 g/mol. The summed E-state index contributed by atoms with van der Waals surface area (Å²) in [6.45, 7) is 12.1. The predicted octanol–water partition coefficient (Wildman–Crippen LogP) is 7.51. The number of hydrogen-bond donors (Lipinski definition) is 0. The SMILES string of the molecule is C[C@@H](C=Cc1cccc(-c2ccc(Cl)cc2)c1)N(OC(=O)OC(C)(C)C)C(=O)OC(C)(C)C. The Morgan fingerprint density at radius 3 is 2.09 bits per heavy atom. The lowest BCUT2D eigenvalue weighted by atomic mass is 10.0. The molecule has 0 bridgehead atoms. The van der Waals surface area contributed by atoms with Crippen LogP contribution in [0, 0.1) is 0 Å². The highest BCUT2D eigenvalue weighted by atomic mass is 35.5. The molecule has 1 amide bonds. The maximum atomic E-state index is 12.7. The highest BCUT2D eigenvalue weighted by molar-refractivity contribution is 6.30. The normalized spacial score (nSPS) is 12.8. The van der Waals surface area contributed by atoms with Crippen LogP contribution in [0.15, 0.2) is 54.6 Å². The third-order valence-electron chi connectivity index (χ3n) is 4.14. The molecule has 2 aromatic carbocycles. The number of hydroxylamine groups is 2. The first-order chi connectivity index (χ1) is 15.2. The van der Waals surface area contributed by atoms with Crippen molar-refractivity contribution in [2.24, 2.45) is 0 Å². The van der Waals surface area contributed by atoms with Crippen molar-refractivity contribution in [1.29, 1.82) is 0 Å². The average Bonchev–Trinajstić information content (AvgIpc) is 2.68. The van der Waals surface area contributed by atoms with Crippen LogP contribution in [0.1, 0.15) is 54.0 Å². The first-order valence-electron chi connectivity index (χ1n) is 10.7. The summed E-state index contributed by atoms with van der Waals surface area (Å²) in [5.74, 6) is 0. The number of rotatable bonds is 4. The molecule has 0 aliphatic carbocycles. The molecule has 178 valence electrons. The Kier molecular flexibility index (Phi) is 8.56. The molecule has 0 heterocycles. The maximum Gasteiger partial charge on any atom is 0.534 e. The van der Waals surface area contributed by atoms with Gasteiger partial charge in [0.2, 0.25) is 0 Å². The van der Waals surface area contributed by atoms with Crippen LogP contribution in [0.3, 0.4) is 0 Å². The molecule has 0 saturated heterocycles. The fourth-order valence-corrected chi connectivity index (χ4v) is 2.86. The fraction of sp³-hybridized carbons (Fsp3) is 0.385. The molecule has 0 aromatic heterocycles. The van der Waals surface area contributed by atoms with Crippen molar-refractivity contribution in [2.75, 3.05) is 0 Å². The Morgan fingerprint density at radius 1 is 0.909 bits per heavy atom. The minimum Gasteiger partial charge on any atom is -0.442 e. The lowest BCUT2D eigenvalue weighted by Crippen LogP contribution is -2.43. The summed E-state index contributed by atoms with van der Waals surface area (Å²) in [5.41, 5.74) is 1.44. The van der Waals surface area contributed by atoms with E-state index in [1.165, 1.54) is 0 Å². The van der Waals surface area contributed by atoms with Crippen LogP contribution in [0.5, 0.6) is 0 Å². The Bertz CT molecular complexity index is 987. The van der Waals surface area contributed by atoms with Crippen LogP contribution in [0.2, 0.25) is 5.02 Å². The fourth-order valence-electron chi connectivity index (χ4n) is 2.74. The van der Waals surface area contributed by atoms with Crippen molar-refractivity contribution in [3.8, 4) is 11.1 Å². The topological polar surface area (TPSA) is 65.1 Å². The molecule has 0 aliphatic heterocycles. The Hall–Kier alpha value is -2.99. The van der Waals surface area contributed by atoms with Crippen LogP contribution >= 0.6 is 11.6 Å². The molecule has 0 spiro atoms. The van der Waals surface area contributed by atoms with E-state index in [4.69, 9.17) is 25.9 Å². The monoisotopic (exact) mass is 473 g/mol. The quantitative estimate of drug-likeness (QED) is 0.339. The van der Waals surface area contributed by atoms with Gasteiger partial charge in [-0.25, -0.2) is 9.59 Å². The van der Waals surface area contributed by atoms with E-state index in [1.807, 2.05) is 54.6 Å². The number of halogens is 1. The predicted molar refractivity (Wildman–Crippen MR) is 131 cm³/mol. The number of nitrogens with zero attached hydrogens (tertiary/aromatic N) is 1. The van der Waals surface area contributed by atoms with E-state index in [-0.39, 0.29) is 0 Å². The smallest absolute Gasteiger partial charge is 0.442 e. The van der Waals surface area contributed by atoms with E-state index in [1.54, 1.807) is 54.5 Å². The molecule has 0 fully saturated rings. The third kappa shape index (κ3) is 9.18. The molecule has 0 N–H and O–H groups in total. The van der Waals surface area contributed by atoms with Gasteiger partial charge < -0.3 is 9.47 Å². The summed E-state index contributed by atoms with van der Waals surface area (Å²) < 4.78 is 10.6. The zero-order valence-corrected chi connectivity index (χ0v) is 21.0. The lowest BCUT2D eigenvalue weighted by Gasteiger charge is -2.29. The van der Waals surface area contributed by atoms with E-state index in [0.29, 0.717) is 5.02 Å². The van der Waals surface area contributed by atoms with Crippen LogP contribution in [0.25, 0.3) is 17.2 Å². The molecular formula is C26H32ClNO5. The van der Waals surface area contributed by atoms with Crippen LogP contribution in [-0.2, 0) is 14.3 Å². The van der Waals surface area contributed by atoms with Crippen LogP contribution < -0.4 is 0 Å². The first kappa shape index (κ1) is 26.3. The van der Waals surface area contributed by atoms with E-state index in [0.717, 1.165) is 21.8 Å². The van der Waals surface area contributed by atoms with Gasteiger partial charge in [-0.05, 0) is 83.4 Å². The van der Waals surface area contributed by atoms with Gasteiger partial charge in [0, 0.05) is 5.02 Å². The highest BCUT2D eigenvalue weighted by Crippen LogP contribution is 2.23. The number of carbonyl (C=O) groups is 2. The van der Waals surface area contributed by atoms with E-state index in [2.05, 4.69) is 0 Å². The van der Waals surface area contributed by atoms with Gasteiger partial charge in [0.1, 0.15) is 11.2 Å². The molecule has 0 aliphatic rings. The zero-order valence-electron chi connectivity index (χ0n) is 20.2. The van der Waals surface area contributed by atoms with Gasteiger partial charge in [-0.15, -0.1) is 5.06 Å². The number of amides is 1. The van der Waals surface area contributed by atoms with Crippen LogP contribution in [-0.4, -0.2) is 34.6 Å². The molecule has 0 saturated carbocycles. The van der Waals surface area contributed by atoms with Gasteiger partial charge in [-0.2, -0.15) is 0 Å². The Balaban J connectivity index is 2.22. The molecule has 2 rings (SSSR count). The summed E-state index contributed by atoms with van der Waals surface area (Å²) in [6.07, 6.45) is 1.81. The summed E-state index contributed by atoms with van der Waals surface area (Å²) in [7, 11) is 0. The second kappa shape index (κ2) is 10.8. The van der Waals surface area contributed by atoms with E-state index in [9.17, 15) is 9.59 Å². The third-order valence-corrected chi connectivity index (χ3v) is 4.39. The summed E-state index contributed by atoms with van der Waals surface area (Å²) in [4.78, 5) is 30.1. The van der Waals surface area contributed by atoms with Gasteiger partial charge in [-0.3, -0.25) is 4.84 Å². The molecule has 2 aromatic rings. The molecule has 0 radical (unpaired) electrons. The number of carbonyl (C=O) groups excluding carboxylic acids is 2. The zero-order chi connectivity index (χ0) is 24.8. The molecule has 0 unspecified atom stereocenters. The largest absolute Gasteiger partial charge is 0.534 e. The maximum absolute atomic E-state index is 12.7. The molecule has 7 heteroatoms. The highest BCUT2D eigenvalue weighted by Gasteiger charge is 2.30. The van der Waals surface area contributed by atoms with Gasteiger partial charge in [-0.1, -0.05) is 54.1 Å².